The molecule has 3 rings (SSSR count). The first kappa shape index (κ1) is 11.8. The third-order valence-corrected chi connectivity index (χ3v) is 5.19. The van der Waals surface area contributed by atoms with Crippen LogP contribution in [0.15, 0.2) is 23.2 Å². The monoisotopic (exact) mass is 260 g/mol. The maximum absolute atomic E-state index is 12.0. The highest BCUT2D eigenvalue weighted by Gasteiger charge is 2.43. The summed E-state index contributed by atoms with van der Waals surface area (Å²) in [7, 11) is 0. The Bertz CT molecular complexity index is 527. The molecule has 3 atom stereocenters. The standard InChI is InChI=1S/C14H16N2OS/c1-8-3-4-10(5-9(8)2)11-6-18-14-12(11)13(17)15-7-16-14/h3-5,7,11-12,14H,6H2,1-2H3,(H,15,16,17). The second kappa shape index (κ2) is 4.43. The van der Waals surface area contributed by atoms with E-state index in [-0.39, 0.29) is 23.1 Å². The second-order valence-electron chi connectivity index (χ2n) is 4.99. The number of nitrogens with one attached hydrogen (secondary N) is 1. The second-order valence-corrected chi connectivity index (χ2v) is 6.14. The highest BCUT2D eigenvalue weighted by Crippen LogP contribution is 2.44. The number of amides is 1. The van der Waals surface area contributed by atoms with Crippen LogP contribution in [0.4, 0.5) is 0 Å². The quantitative estimate of drug-likeness (QED) is 0.841. The molecule has 2 aliphatic heterocycles. The molecule has 1 amide bonds. The van der Waals surface area contributed by atoms with Crippen molar-refractivity contribution >= 4 is 24.0 Å². The lowest BCUT2D eigenvalue weighted by Crippen LogP contribution is -2.40. The first-order valence-electron chi connectivity index (χ1n) is 6.17. The minimum Gasteiger partial charge on any atom is -0.317 e. The molecular weight excluding hydrogens is 244 g/mol. The number of carbonyl (C=O) groups excluding carboxylic acids is 1. The first-order valence-corrected chi connectivity index (χ1v) is 7.22. The van der Waals surface area contributed by atoms with Crippen LogP contribution in [0.25, 0.3) is 0 Å². The molecule has 18 heavy (non-hydrogen) atoms. The summed E-state index contributed by atoms with van der Waals surface area (Å²) >= 11 is 1.78. The topological polar surface area (TPSA) is 41.5 Å². The normalized spacial score (nSPS) is 30.1. The summed E-state index contributed by atoms with van der Waals surface area (Å²) in [6.07, 6.45) is 1.54. The van der Waals surface area contributed by atoms with Gasteiger partial charge in [0.2, 0.25) is 5.91 Å². The van der Waals surface area contributed by atoms with E-state index in [1.54, 1.807) is 18.1 Å². The van der Waals surface area contributed by atoms with E-state index >= 15 is 0 Å². The first-order chi connectivity index (χ1) is 8.66. The van der Waals surface area contributed by atoms with E-state index < -0.39 is 0 Å². The predicted octanol–water partition coefficient (Wildman–Crippen LogP) is 2.23. The SMILES string of the molecule is Cc1ccc(C2CSC3N=CNC(=O)C32)cc1C. The average molecular weight is 260 g/mol. The number of thioether (sulfide) groups is 1. The van der Waals surface area contributed by atoms with Crippen LogP contribution in [-0.2, 0) is 4.79 Å². The fraction of sp³-hybridized carbons (Fsp3) is 0.429. The lowest BCUT2D eigenvalue weighted by atomic mass is 9.85. The Kier molecular flexibility index (Phi) is 2.90. The molecule has 0 saturated carbocycles. The van der Waals surface area contributed by atoms with Crippen LogP contribution in [0.3, 0.4) is 0 Å². The van der Waals surface area contributed by atoms with Crippen molar-refractivity contribution in [3.05, 3.63) is 34.9 Å². The highest BCUT2D eigenvalue weighted by atomic mass is 32.2. The van der Waals surface area contributed by atoms with Crippen molar-refractivity contribution in [1.29, 1.82) is 0 Å². The zero-order chi connectivity index (χ0) is 12.7. The number of nitrogens with zero attached hydrogens (tertiary/aromatic N) is 1. The van der Waals surface area contributed by atoms with Gasteiger partial charge in [-0.15, -0.1) is 11.8 Å². The van der Waals surface area contributed by atoms with Gasteiger partial charge in [0.1, 0.15) is 5.37 Å². The number of hydrogen-bond donors (Lipinski definition) is 1. The van der Waals surface area contributed by atoms with E-state index in [0.717, 1.165) is 5.75 Å². The van der Waals surface area contributed by atoms with Gasteiger partial charge < -0.3 is 5.32 Å². The van der Waals surface area contributed by atoms with Crippen LogP contribution >= 0.6 is 11.8 Å². The Hall–Kier alpha value is -1.29. The number of benzene rings is 1. The lowest BCUT2D eigenvalue weighted by Gasteiger charge is -2.23. The van der Waals surface area contributed by atoms with E-state index in [1.807, 2.05) is 0 Å². The van der Waals surface area contributed by atoms with Crippen LogP contribution in [0.1, 0.15) is 22.6 Å². The smallest absolute Gasteiger partial charge is 0.231 e. The summed E-state index contributed by atoms with van der Waals surface area (Å²) in [6.45, 7) is 4.24. The number of fused-ring (bicyclic) bond motifs is 1. The maximum atomic E-state index is 12.0. The van der Waals surface area contributed by atoms with Crippen molar-refractivity contribution in [1.82, 2.24) is 5.32 Å². The molecule has 0 aliphatic carbocycles. The van der Waals surface area contributed by atoms with Gasteiger partial charge in [0.15, 0.2) is 0 Å². The number of rotatable bonds is 1. The molecule has 1 fully saturated rings. The van der Waals surface area contributed by atoms with Gasteiger partial charge in [-0.2, -0.15) is 0 Å². The Morgan fingerprint density at radius 3 is 2.94 bits per heavy atom. The summed E-state index contributed by atoms with van der Waals surface area (Å²) < 4.78 is 0. The summed E-state index contributed by atoms with van der Waals surface area (Å²) in [6, 6.07) is 6.52. The van der Waals surface area contributed by atoms with E-state index in [2.05, 4.69) is 42.4 Å². The Balaban J connectivity index is 1.95. The van der Waals surface area contributed by atoms with E-state index in [1.165, 1.54) is 16.7 Å². The fourth-order valence-electron chi connectivity index (χ4n) is 2.63. The molecule has 1 aromatic carbocycles. The van der Waals surface area contributed by atoms with Crippen LogP contribution in [-0.4, -0.2) is 23.4 Å². The Labute approximate surface area is 111 Å². The summed E-state index contributed by atoms with van der Waals surface area (Å²) in [5.41, 5.74) is 3.86. The van der Waals surface area contributed by atoms with Gasteiger partial charge in [-0.3, -0.25) is 9.79 Å². The number of aliphatic imine (C=N–C) groups is 1. The largest absolute Gasteiger partial charge is 0.317 e. The number of hydrogen-bond acceptors (Lipinski definition) is 3. The molecule has 94 valence electrons. The van der Waals surface area contributed by atoms with Crippen LogP contribution < -0.4 is 5.32 Å². The third kappa shape index (κ3) is 1.85. The third-order valence-electron chi connectivity index (χ3n) is 3.88. The molecule has 2 heterocycles. The molecule has 0 spiro atoms. The maximum Gasteiger partial charge on any atom is 0.231 e. The number of carbonyl (C=O) groups is 1. The minimum atomic E-state index is -0.0119. The average Bonchev–Trinajstić information content (AvgIpc) is 2.78. The molecule has 3 nitrogen and oxygen atoms in total. The van der Waals surface area contributed by atoms with Crippen molar-refractivity contribution in [2.24, 2.45) is 10.9 Å². The van der Waals surface area contributed by atoms with E-state index in [9.17, 15) is 4.79 Å². The van der Waals surface area contributed by atoms with Gasteiger partial charge in [-0.1, -0.05) is 18.2 Å². The van der Waals surface area contributed by atoms with Gasteiger partial charge in [0.05, 0.1) is 12.3 Å². The fourth-order valence-corrected chi connectivity index (χ4v) is 4.10. The van der Waals surface area contributed by atoms with Gasteiger partial charge in [0, 0.05) is 11.7 Å². The van der Waals surface area contributed by atoms with Gasteiger partial charge in [-0.25, -0.2) is 0 Å². The zero-order valence-electron chi connectivity index (χ0n) is 10.5. The van der Waals surface area contributed by atoms with Crippen molar-refractivity contribution in [3.8, 4) is 0 Å². The van der Waals surface area contributed by atoms with Crippen LogP contribution in [0.2, 0.25) is 0 Å². The van der Waals surface area contributed by atoms with E-state index in [0.29, 0.717) is 0 Å². The number of aryl methyl sites for hydroxylation is 2. The van der Waals surface area contributed by atoms with Crippen LogP contribution in [0, 0.1) is 19.8 Å². The molecule has 3 unspecified atom stereocenters. The summed E-state index contributed by atoms with van der Waals surface area (Å²) in [4.78, 5) is 16.4. The molecule has 0 radical (unpaired) electrons. The van der Waals surface area contributed by atoms with E-state index in [4.69, 9.17) is 0 Å². The summed E-state index contributed by atoms with van der Waals surface area (Å²) in [5.74, 6) is 1.37. The highest BCUT2D eigenvalue weighted by molar-refractivity contribution is 8.00. The van der Waals surface area contributed by atoms with Crippen molar-refractivity contribution in [2.45, 2.75) is 25.1 Å². The van der Waals surface area contributed by atoms with Crippen molar-refractivity contribution in [2.75, 3.05) is 5.75 Å². The van der Waals surface area contributed by atoms with Crippen molar-refractivity contribution < 1.29 is 4.79 Å². The minimum absolute atomic E-state index is 0.0119. The molecule has 1 N–H and O–H groups in total. The molecule has 2 aliphatic rings. The van der Waals surface area contributed by atoms with Crippen LogP contribution in [0.5, 0.6) is 0 Å². The van der Waals surface area contributed by atoms with Gasteiger partial charge in [0.25, 0.3) is 0 Å². The molecule has 1 saturated heterocycles. The molecule has 1 aromatic rings. The van der Waals surface area contributed by atoms with Gasteiger partial charge >= 0.3 is 0 Å². The molecule has 4 heteroatoms. The predicted molar refractivity (Wildman–Crippen MR) is 75.0 cm³/mol. The van der Waals surface area contributed by atoms with Gasteiger partial charge in [-0.05, 0) is 30.5 Å². The Morgan fingerprint density at radius 2 is 2.17 bits per heavy atom. The summed E-state index contributed by atoms with van der Waals surface area (Å²) in [5, 5.41) is 2.84. The molecule has 0 aromatic heterocycles. The molecule has 0 bridgehead atoms. The lowest BCUT2D eigenvalue weighted by molar-refractivity contribution is -0.124. The Morgan fingerprint density at radius 1 is 1.33 bits per heavy atom. The van der Waals surface area contributed by atoms with Crippen molar-refractivity contribution in [3.63, 3.8) is 0 Å². The molecular formula is C14H16N2OS. The zero-order valence-corrected chi connectivity index (χ0v) is 11.3.